The predicted octanol–water partition coefficient (Wildman–Crippen LogP) is 0.416. The monoisotopic (exact) mass is 239 g/mol. The van der Waals surface area contributed by atoms with E-state index in [1.807, 2.05) is 6.92 Å². The SMILES string of the molecule is CCNC(=O)CC1CSc2nccc(=O)n21. The highest BCUT2D eigenvalue weighted by atomic mass is 32.2. The third-order valence-corrected chi connectivity index (χ3v) is 3.52. The molecule has 1 amide bonds. The summed E-state index contributed by atoms with van der Waals surface area (Å²) in [6.45, 7) is 2.50. The second kappa shape index (κ2) is 4.69. The number of fused-ring (bicyclic) bond motifs is 1. The Morgan fingerprint density at radius 3 is 3.31 bits per heavy atom. The van der Waals surface area contributed by atoms with Crippen LogP contribution in [0.25, 0.3) is 0 Å². The molecule has 1 N–H and O–H groups in total. The fourth-order valence-electron chi connectivity index (χ4n) is 1.72. The van der Waals surface area contributed by atoms with Crippen LogP contribution in [0.15, 0.2) is 22.2 Å². The average Bonchev–Trinajstić information content (AvgIpc) is 2.63. The van der Waals surface area contributed by atoms with Crippen LogP contribution in [0.3, 0.4) is 0 Å². The van der Waals surface area contributed by atoms with Crippen molar-refractivity contribution in [1.29, 1.82) is 0 Å². The zero-order valence-corrected chi connectivity index (χ0v) is 9.79. The molecule has 16 heavy (non-hydrogen) atoms. The molecule has 0 radical (unpaired) electrons. The number of thioether (sulfide) groups is 1. The number of nitrogens with one attached hydrogen (secondary N) is 1. The third-order valence-electron chi connectivity index (χ3n) is 2.41. The summed E-state index contributed by atoms with van der Waals surface area (Å²) in [5.41, 5.74) is -0.0794. The minimum Gasteiger partial charge on any atom is -0.356 e. The summed E-state index contributed by atoms with van der Waals surface area (Å²) < 4.78 is 1.61. The number of aromatic nitrogens is 2. The van der Waals surface area contributed by atoms with Crippen molar-refractivity contribution < 1.29 is 4.79 Å². The van der Waals surface area contributed by atoms with Gasteiger partial charge in [-0.05, 0) is 6.92 Å². The molecule has 1 atom stereocenters. The molecule has 6 heteroatoms. The summed E-state index contributed by atoms with van der Waals surface area (Å²) in [5.74, 6) is 0.723. The molecule has 2 heterocycles. The number of nitrogens with zero attached hydrogens (tertiary/aromatic N) is 2. The van der Waals surface area contributed by atoms with Crippen molar-refractivity contribution in [3.8, 4) is 0 Å². The fourth-order valence-corrected chi connectivity index (χ4v) is 2.85. The maximum absolute atomic E-state index is 11.6. The molecule has 0 aromatic carbocycles. The van der Waals surface area contributed by atoms with Gasteiger partial charge in [-0.1, -0.05) is 11.8 Å². The molecule has 0 aliphatic carbocycles. The minimum atomic E-state index is -0.0794. The van der Waals surface area contributed by atoms with Crippen molar-refractivity contribution in [2.75, 3.05) is 12.3 Å². The number of carbonyl (C=O) groups is 1. The molecule has 1 aliphatic heterocycles. The van der Waals surface area contributed by atoms with Crippen LogP contribution in [0, 0.1) is 0 Å². The predicted molar refractivity (Wildman–Crippen MR) is 61.6 cm³/mol. The molecule has 0 saturated heterocycles. The van der Waals surface area contributed by atoms with Gasteiger partial charge >= 0.3 is 0 Å². The van der Waals surface area contributed by atoms with Crippen LogP contribution in [0.4, 0.5) is 0 Å². The van der Waals surface area contributed by atoms with Gasteiger partial charge in [0.15, 0.2) is 5.16 Å². The number of hydrogen-bond donors (Lipinski definition) is 1. The van der Waals surface area contributed by atoms with Gasteiger partial charge in [0.25, 0.3) is 5.56 Å². The second-order valence-electron chi connectivity index (χ2n) is 3.56. The topological polar surface area (TPSA) is 64.0 Å². The first kappa shape index (κ1) is 11.2. The van der Waals surface area contributed by atoms with Gasteiger partial charge in [0.1, 0.15) is 0 Å². The maximum Gasteiger partial charge on any atom is 0.254 e. The van der Waals surface area contributed by atoms with Crippen LogP contribution < -0.4 is 10.9 Å². The molecule has 1 unspecified atom stereocenters. The molecule has 1 aliphatic rings. The Bertz CT molecular complexity index is 458. The van der Waals surface area contributed by atoms with Gasteiger partial charge in [-0.15, -0.1) is 0 Å². The number of rotatable bonds is 3. The van der Waals surface area contributed by atoms with Crippen molar-refractivity contribution in [3.05, 3.63) is 22.6 Å². The Kier molecular flexibility index (Phi) is 3.28. The zero-order chi connectivity index (χ0) is 11.5. The number of amides is 1. The van der Waals surface area contributed by atoms with Gasteiger partial charge in [0.2, 0.25) is 5.91 Å². The van der Waals surface area contributed by atoms with Gasteiger partial charge in [-0.25, -0.2) is 4.98 Å². The van der Waals surface area contributed by atoms with Crippen molar-refractivity contribution in [2.45, 2.75) is 24.5 Å². The van der Waals surface area contributed by atoms with E-state index in [2.05, 4.69) is 10.3 Å². The van der Waals surface area contributed by atoms with E-state index in [4.69, 9.17) is 0 Å². The Morgan fingerprint density at radius 2 is 2.56 bits per heavy atom. The molecular weight excluding hydrogens is 226 g/mol. The summed E-state index contributed by atoms with van der Waals surface area (Å²) in [5, 5.41) is 3.45. The zero-order valence-electron chi connectivity index (χ0n) is 8.97. The quantitative estimate of drug-likeness (QED) is 0.776. The first-order valence-corrected chi connectivity index (χ1v) is 6.18. The molecule has 1 aromatic heterocycles. The smallest absolute Gasteiger partial charge is 0.254 e. The highest BCUT2D eigenvalue weighted by Gasteiger charge is 2.26. The molecule has 0 spiro atoms. The molecule has 0 saturated carbocycles. The number of carbonyl (C=O) groups excluding carboxylic acids is 1. The van der Waals surface area contributed by atoms with E-state index in [0.29, 0.717) is 18.1 Å². The van der Waals surface area contributed by atoms with Gasteiger partial charge < -0.3 is 5.32 Å². The van der Waals surface area contributed by atoms with Crippen molar-refractivity contribution in [2.24, 2.45) is 0 Å². The van der Waals surface area contributed by atoms with E-state index in [-0.39, 0.29) is 17.5 Å². The molecular formula is C10H13N3O2S. The Balaban J connectivity index is 2.17. The first-order chi connectivity index (χ1) is 7.72. The minimum absolute atomic E-state index is 0.0169. The van der Waals surface area contributed by atoms with Crippen LogP contribution >= 0.6 is 11.8 Å². The highest BCUT2D eigenvalue weighted by Crippen LogP contribution is 2.31. The van der Waals surface area contributed by atoms with E-state index in [1.165, 1.54) is 24.0 Å². The molecule has 86 valence electrons. The van der Waals surface area contributed by atoms with E-state index in [9.17, 15) is 9.59 Å². The highest BCUT2D eigenvalue weighted by molar-refractivity contribution is 7.99. The Hall–Kier alpha value is -1.30. The lowest BCUT2D eigenvalue weighted by Gasteiger charge is -2.11. The molecule has 5 nitrogen and oxygen atoms in total. The van der Waals surface area contributed by atoms with Crippen molar-refractivity contribution >= 4 is 17.7 Å². The Labute approximate surface area is 97.3 Å². The van der Waals surface area contributed by atoms with Crippen LogP contribution in [-0.2, 0) is 4.79 Å². The van der Waals surface area contributed by atoms with Gasteiger partial charge in [0, 0.05) is 31.0 Å². The normalized spacial score (nSPS) is 18.2. The summed E-state index contributed by atoms with van der Waals surface area (Å²) >= 11 is 1.52. The molecule has 2 rings (SSSR count). The lowest BCUT2D eigenvalue weighted by Crippen LogP contribution is -2.30. The third kappa shape index (κ3) is 2.11. The fraction of sp³-hybridized carbons (Fsp3) is 0.500. The number of hydrogen-bond acceptors (Lipinski definition) is 4. The van der Waals surface area contributed by atoms with Crippen LogP contribution in [-0.4, -0.2) is 27.8 Å². The van der Waals surface area contributed by atoms with E-state index < -0.39 is 0 Å². The molecule has 0 bridgehead atoms. The lowest BCUT2D eigenvalue weighted by atomic mass is 10.2. The average molecular weight is 239 g/mol. The van der Waals surface area contributed by atoms with Crippen LogP contribution in [0.1, 0.15) is 19.4 Å². The van der Waals surface area contributed by atoms with Gasteiger partial charge in [-0.2, -0.15) is 0 Å². The molecule has 0 fully saturated rings. The summed E-state index contributed by atoms with van der Waals surface area (Å²) in [6.07, 6.45) is 1.86. The van der Waals surface area contributed by atoms with E-state index in [0.717, 1.165) is 5.75 Å². The second-order valence-corrected chi connectivity index (χ2v) is 4.55. The van der Waals surface area contributed by atoms with E-state index >= 15 is 0 Å². The summed E-state index contributed by atoms with van der Waals surface area (Å²) in [7, 11) is 0. The maximum atomic E-state index is 11.6. The summed E-state index contributed by atoms with van der Waals surface area (Å²) in [4.78, 5) is 27.2. The van der Waals surface area contributed by atoms with Crippen LogP contribution in [0.2, 0.25) is 0 Å². The largest absolute Gasteiger partial charge is 0.356 e. The van der Waals surface area contributed by atoms with Crippen molar-refractivity contribution in [3.63, 3.8) is 0 Å². The lowest BCUT2D eigenvalue weighted by molar-refractivity contribution is -0.121. The standard InChI is InChI=1S/C10H13N3O2S/c1-2-11-8(14)5-7-6-16-10-12-4-3-9(15)13(7)10/h3-4,7H,2,5-6H2,1H3,(H,11,14). The van der Waals surface area contributed by atoms with Crippen molar-refractivity contribution in [1.82, 2.24) is 14.9 Å². The Morgan fingerprint density at radius 1 is 1.75 bits per heavy atom. The van der Waals surface area contributed by atoms with E-state index in [1.54, 1.807) is 4.57 Å². The summed E-state index contributed by atoms with van der Waals surface area (Å²) in [6, 6.07) is 1.37. The first-order valence-electron chi connectivity index (χ1n) is 5.19. The van der Waals surface area contributed by atoms with Gasteiger partial charge in [0.05, 0.1) is 6.04 Å². The molecule has 1 aromatic rings. The van der Waals surface area contributed by atoms with Gasteiger partial charge in [-0.3, -0.25) is 14.2 Å². The van der Waals surface area contributed by atoms with Crippen LogP contribution in [0.5, 0.6) is 0 Å².